The van der Waals surface area contributed by atoms with Crippen LogP contribution in [0.25, 0.3) is 6.08 Å². The molecule has 2 heterocycles. The molecule has 29 heavy (non-hydrogen) atoms. The van der Waals surface area contributed by atoms with Crippen LogP contribution in [0.5, 0.6) is 11.6 Å². The van der Waals surface area contributed by atoms with Crippen LogP contribution in [0.4, 0.5) is 24.8 Å². The molecule has 1 aliphatic heterocycles. The summed E-state index contributed by atoms with van der Waals surface area (Å²) in [7, 11) is 0. The van der Waals surface area contributed by atoms with Gasteiger partial charge < -0.3 is 20.1 Å². The van der Waals surface area contributed by atoms with Crippen LogP contribution in [0, 0.1) is 0 Å². The number of aliphatic imine (C=N–C) groups is 1. The Morgan fingerprint density at radius 2 is 2.00 bits per heavy atom. The Bertz CT molecular complexity index is 1200. The van der Waals surface area contributed by atoms with Gasteiger partial charge in [-0.3, -0.25) is 0 Å². The van der Waals surface area contributed by atoms with E-state index in [2.05, 4.69) is 30.0 Å². The Labute approximate surface area is 161 Å². The topological polar surface area (TPSA) is 94.9 Å². The van der Waals surface area contributed by atoms with Gasteiger partial charge in [-0.1, -0.05) is 24.3 Å². The molecule has 1 aliphatic rings. The number of aromatic hydroxyl groups is 1. The molecular formula is C19H14F3N5O2. The number of ether oxygens (including phenoxy) is 1. The number of para-hydroxylation sites is 1. The molecule has 4 rings (SSSR count). The summed E-state index contributed by atoms with van der Waals surface area (Å²) in [5, 5.41) is 14.4. The van der Waals surface area contributed by atoms with Gasteiger partial charge in [0.15, 0.2) is 0 Å². The summed E-state index contributed by atoms with van der Waals surface area (Å²) in [6.45, 7) is 0.00765. The highest BCUT2D eigenvalue weighted by Gasteiger charge is 2.31. The summed E-state index contributed by atoms with van der Waals surface area (Å²) in [5.41, 5.74) is 1.34. The Hall–Kier alpha value is -3.82. The maximum atomic E-state index is 12.5. The van der Waals surface area contributed by atoms with Crippen LogP contribution < -0.4 is 20.6 Å². The first-order valence-electron chi connectivity index (χ1n) is 8.46. The predicted octanol–water partition coefficient (Wildman–Crippen LogP) is 2.75. The number of nitrogens with zero attached hydrogens (tertiary/aromatic N) is 3. The number of fused-ring (bicyclic) bond motifs is 1. The highest BCUT2D eigenvalue weighted by atomic mass is 19.4. The lowest BCUT2D eigenvalue weighted by atomic mass is 10.2. The number of imidazole rings is 1. The molecule has 7 nitrogen and oxygen atoms in total. The SMILES string of the molecule is Oc1nc(NCc2ccccc2OC(F)(F)F)[nH]c1C=c1ccc2c(c1)N=CN=2. The molecular weight excluding hydrogens is 387 g/mol. The molecule has 0 unspecified atom stereocenters. The largest absolute Gasteiger partial charge is 0.573 e. The smallest absolute Gasteiger partial charge is 0.492 e. The number of hydrogen-bond acceptors (Lipinski definition) is 6. The number of rotatable bonds is 5. The molecule has 0 saturated carbocycles. The molecule has 0 aliphatic carbocycles. The van der Waals surface area contributed by atoms with Crippen molar-refractivity contribution >= 4 is 24.1 Å². The zero-order chi connectivity index (χ0) is 20.4. The number of anilines is 1. The van der Waals surface area contributed by atoms with E-state index in [1.165, 1.54) is 24.5 Å². The van der Waals surface area contributed by atoms with E-state index in [0.29, 0.717) is 5.69 Å². The predicted molar refractivity (Wildman–Crippen MR) is 99.6 cm³/mol. The molecule has 0 bridgehead atoms. The van der Waals surface area contributed by atoms with E-state index in [9.17, 15) is 18.3 Å². The third kappa shape index (κ3) is 4.37. The second-order valence-electron chi connectivity index (χ2n) is 6.10. The van der Waals surface area contributed by atoms with Crippen molar-refractivity contribution in [3.05, 3.63) is 64.3 Å². The van der Waals surface area contributed by atoms with Gasteiger partial charge in [-0.25, -0.2) is 9.98 Å². The summed E-state index contributed by atoms with van der Waals surface area (Å²) < 4.78 is 41.6. The van der Waals surface area contributed by atoms with Crippen molar-refractivity contribution in [1.29, 1.82) is 0 Å². The number of hydrogen-bond donors (Lipinski definition) is 3. The standard InChI is InChI=1S/C19H14F3N5O2/c20-19(21,22)29-16-4-2-1-3-12(16)9-23-18-26-15(17(28)27-18)8-11-5-6-13-14(7-11)25-10-24-13/h1-8,10,28H,9H2,(H2,23,26,27). The fourth-order valence-corrected chi connectivity index (χ4v) is 2.78. The molecule has 0 saturated heterocycles. The molecule has 0 atom stereocenters. The first-order valence-corrected chi connectivity index (χ1v) is 8.46. The van der Waals surface area contributed by atoms with Gasteiger partial charge in [0.2, 0.25) is 11.8 Å². The van der Waals surface area contributed by atoms with E-state index in [-0.39, 0.29) is 29.7 Å². The highest BCUT2D eigenvalue weighted by Crippen LogP contribution is 2.27. The van der Waals surface area contributed by atoms with Gasteiger partial charge in [0, 0.05) is 12.1 Å². The number of alkyl halides is 3. The van der Waals surface area contributed by atoms with E-state index in [1.807, 2.05) is 6.07 Å². The number of aromatic nitrogens is 2. The number of aromatic amines is 1. The van der Waals surface area contributed by atoms with Crippen molar-refractivity contribution in [2.75, 3.05) is 5.32 Å². The third-order valence-corrected chi connectivity index (χ3v) is 4.06. The van der Waals surface area contributed by atoms with Crippen LogP contribution in [0.15, 0.2) is 52.4 Å². The van der Waals surface area contributed by atoms with Crippen molar-refractivity contribution in [1.82, 2.24) is 9.97 Å². The monoisotopic (exact) mass is 401 g/mol. The molecule has 3 aromatic rings. The van der Waals surface area contributed by atoms with Crippen LogP contribution in [-0.2, 0) is 6.54 Å². The lowest BCUT2D eigenvalue weighted by molar-refractivity contribution is -0.274. The first-order chi connectivity index (χ1) is 13.9. The Morgan fingerprint density at radius 3 is 2.83 bits per heavy atom. The number of benzene rings is 2. The molecule has 3 N–H and O–H groups in total. The lowest BCUT2D eigenvalue weighted by Gasteiger charge is -2.13. The minimum Gasteiger partial charge on any atom is -0.492 e. The fourth-order valence-electron chi connectivity index (χ4n) is 2.78. The summed E-state index contributed by atoms with van der Waals surface area (Å²) in [5.74, 6) is -0.357. The van der Waals surface area contributed by atoms with Crippen LogP contribution in [0.3, 0.4) is 0 Å². The number of nitrogens with one attached hydrogen (secondary N) is 2. The molecule has 10 heteroatoms. The third-order valence-electron chi connectivity index (χ3n) is 4.06. The summed E-state index contributed by atoms with van der Waals surface area (Å²) in [4.78, 5) is 15.0. The molecule has 2 aromatic carbocycles. The zero-order valence-electron chi connectivity index (χ0n) is 14.7. The minimum atomic E-state index is -4.78. The molecule has 1 aromatic heterocycles. The van der Waals surface area contributed by atoms with Gasteiger partial charge in [0.1, 0.15) is 17.8 Å². The summed E-state index contributed by atoms with van der Waals surface area (Å²) in [6, 6.07) is 11.2. The van der Waals surface area contributed by atoms with Crippen molar-refractivity contribution in [2.45, 2.75) is 12.9 Å². The van der Waals surface area contributed by atoms with Gasteiger partial charge in [-0.05, 0) is 29.5 Å². The summed E-state index contributed by atoms with van der Waals surface area (Å²) >= 11 is 0. The summed E-state index contributed by atoms with van der Waals surface area (Å²) in [6.07, 6.45) is -1.65. The van der Waals surface area contributed by atoms with E-state index in [1.54, 1.807) is 24.3 Å². The fraction of sp³-hybridized carbons (Fsp3) is 0.105. The number of H-pyrrole nitrogens is 1. The van der Waals surface area contributed by atoms with E-state index < -0.39 is 6.36 Å². The highest BCUT2D eigenvalue weighted by molar-refractivity contribution is 5.67. The van der Waals surface area contributed by atoms with Gasteiger partial charge in [-0.2, -0.15) is 4.98 Å². The van der Waals surface area contributed by atoms with Crippen molar-refractivity contribution in [3.63, 3.8) is 0 Å². The van der Waals surface area contributed by atoms with Gasteiger partial charge >= 0.3 is 6.36 Å². The van der Waals surface area contributed by atoms with E-state index in [0.717, 1.165) is 16.3 Å². The van der Waals surface area contributed by atoms with Crippen LogP contribution in [-0.4, -0.2) is 27.8 Å². The second kappa shape index (κ2) is 7.30. The second-order valence-corrected chi connectivity index (χ2v) is 6.10. The quantitative estimate of drug-likeness (QED) is 0.613. The normalized spacial score (nSPS) is 13.3. The van der Waals surface area contributed by atoms with Crippen LogP contribution >= 0.6 is 0 Å². The molecule has 0 radical (unpaired) electrons. The van der Waals surface area contributed by atoms with Crippen molar-refractivity contribution < 1.29 is 23.0 Å². The maximum absolute atomic E-state index is 12.5. The molecule has 0 amide bonds. The first kappa shape index (κ1) is 18.5. The van der Waals surface area contributed by atoms with Gasteiger partial charge in [-0.15, -0.1) is 13.2 Å². The van der Waals surface area contributed by atoms with Crippen molar-refractivity contribution in [2.24, 2.45) is 9.98 Å². The van der Waals surface area contributed by atoms with Crippen LogP contribution in [0.2, 0.25) is 0 Å². The maximum Gasteiger partial charge on any atom is 0.573 e. The molecule has 0 spiro atoms. The van der Waals surface area contributed by atoms with E-state index >= 15 is 0 Å². The van der Waals surface area contributed by atoms with E-state index in [4.69, 9.17) is 0 Å². The Balaban J connectivity index is 1.52. The van der Waals surface area contributed by atoms with Crippen LogP contribution in [0.1, 0.15) is 11.3 Å². The Kier molecular flexibility index (Phi) is 4.67. The van der Waals surface area contributed by atoms with Crippen molar-refractivity contribution in [3.8, 4) is 11.6 Å². The lowest BCUT2D eigenvalue weighted by Crippen LogP contribution is -2.18. The molecule has 148 valence electrons. The number of halogens is 3. The van der Waals surface area contributed by atoms with Gasteiger partial charge in [0.25, 0.3) is 0 Å². The Morgan fingerprint density at radius 1 is 1.17 bits per heavy atom. The zero-order valence-corrected chi connectivity index (χ0v) is 14.7. The average Bonchev–Trinajstić information content (AvgIpc) is 3.26. The molecule has 0 fully saturated rings. The minimum absolute atomic E-state index is 0.00765. The van der Waals surface area contributed by atoms with Gasteiger partial charge in [0.05, 0.1) is 11.0 Å². The average molecular weight is 401 g/mol.